The molecule has 0 spiro atoms. The number of nitrogens with zero attached hydrogens (tertiary/aromatic N) is 2. The number of aromatic nitrogens is 1. The normalized spacial score (nSPS) is 20.9. The van der Waals surface area contributed by atoms with Gasteiger partial charge in [-0.25, -0.2) is 4.98 Å². The minimum absolute atomic E-state index is 0.180. The van der Waals surface area contributed by atoms with Gasteiger partial charge in [-0.15, -0.1) is 0 Å². The molecular formula is C15H23BrN2O. The summed E-state index contributed by atoms with van der Waals surface area (Å²) >= 11 is 3.66. The summed E-state index contributed by atoms with van der Waals surface area (Å²) in [5.74, 6) is 1.92. The van der Waals surface area contributed by atoms with Crippen molar-refractivity contribution in [3.05, 3.63) is 18.3 Å². The van der Waals surface area contributed by atoms with Gasteiger partial charge in [0.1, 0.15) is 0 Å². The topological polar surface area (TPSA) is 25.4 Å². The first-order valence-electron chi connectivity index (χ1n) is 7.10. The van der Waals surface area contributed by atoms with Crippen molar-refractivity contribution in [2.24, 2.45) is 0 Å². The number of rotatable bonds is 5. The van der Waals surface area contributed by atoms with E-state index >= 15 is 0 Å². The van der Waals surface area contributed by atoms with E-state index in [0.29, 0.717) is 10.9 Å². The molecule has 0 aromatic carbocycles. The molecule has 2 heterocycles. The van der Waals surface area contributed by atoms with E-state index in [1.807, 2.05) is 18.3 Å². The van der Waals surface area contributed by atoms with E-state index in [1.54, 1.807) is 0 Å². The zero-order chi connectivity index (χ0) is 13.8. The molecule has 2 atom stereocenters. The zero-order valence-corrected chi connectivity index (χ0v) is 13.6. The van der Waals surface area contributed by atoms with Crippen LogP contribution in [0, 0.1) is 0 Å². The molecule has 0 radical (unpaired) electrons. The average Bonchev–Trinajstić information content (AvgIpc) is 2.76. The maximum Gasteiger partial charge on any atom is 0.171 e. The Balaban J connectivity index is 2.20. The van der Waals surface area contributed by atoms with Crippen LogP contribution in [0.4, 0.5) is 5.82 Å². The van der Waals surface area contributed by atoms with Gasteiger partial charge in [-0.05, 0) is 45.2 Å². The number of anilines is 1. The predicted octanol–water partition coefficient (Wildman–Crippen LogP) is 4.01. The molecule has 1 aliphatic rings. The number of hydrogen-bond acceptors (Lipinski definition) is 3. The van der Waals surface area contributed by atoms with E-state index < -0.39 is 0 Å². The fraction of sp³-hybridized carbons (Fsp3) is 0.667. The predicted molar refractivity (Wildman–Crippen MR) is 83.4 cm³/mol. The van der Waals surface area contributed by atoms with Gasteiger partial charge in [-0.3, -0.25) is 0 Å². The lowest BCUT2D eigenvalue weighted by atomic mass is 10.1. The molecule has 1 saturated heterocycles. The SMILES string of the molecule is CC(Br)CC1CCCN1c1ncccc1OC(C)C. The summed E-state index contributed by atoms with van der Waals surface area (Å²) in [6, 6.07) is 4.54. The van der Waals surface area contributed by atoms with Crippen molar-refractivity contribution in [3.8, 4) is 5.75 Å². The van der Waals surface area contributed by atoms with E-state index in [2.05, 4.69) is 46.6 Å². The first-order valence-corrected chi connectivity index (χ1v) is 8.02. The fourth-order valence-electron chi connectivity index (χ4n) is 2.68. The third kappa shape index (κ3) is 3.85. The van der Waals surface area contributed by atoms with Crippen molar-refractivity contribution < 1.29 is 4.74 Å². The van der Waals surface area contributed by atoms with E-state index in [0.717, 1.165) is 24.5 Å². The molecule has 0 amide bonds. The molecule has 0 bridgehead atoms. The summed E-state index contributed by atoms with van der Waals surface area (Å²) in [6.45, 7) is 7.40. The monoisotopic (exact) mass is 326 g/mol. The van der Waals surface area contributed by atoms with Crippen LogP contribution in [-0.2, 0) is 0 Å². The standard InChI is InChI=1S/C15H23BrN2O/c1-11(2)19-14-7-4-8-17-15(14)18-9-5-6-13(18)10-12(3)16/h4,7-8,11-13H,5-6,9-10H2,1-3H3. The van der Waals surface area contributed by atoms with Crippen molar-refractivity contribution in [1.29, 1.82) is 0 Å². The van der Waals surface area contributed by atoms with E-state index in [4.69, 9.17) is 4.74 Å². The van der Waals surface area contributed by atoms with Gasteiger partial charge >= 0.3 is 0 Å². The first kappa shape index (κ1) is 14.6. The van der Waals surface area contributed by atoms with Crippen molar-refractivity contribution in [3.63, 3.8) is 0 Å². The van der Waals surface area contributed by atoms with Crippen molar-refractivity contribution in [2.45, 2.75) is 57.0 Å². The summed E-state index contributed by atoms with van der Waals surface area (Å²) in [5.41, 5.74) is 0. The molecule has 2 unspecified atom stereocenters. The van der Waals surface area contributed by atoms with Crippen LogP contribution in [0.2, 0.25) is 0 Å². The molecule has 19 heavy (non-hydrogen) atoms. The summed E-state index contributed by atoms with van der Waals surface area (Å²) in [7, 11) is 0. The summed E-state index contributed by atoms with van der Waals surface area (Å²) in [6.07, 6.45) is 5.67. The highest BCUT2D eigenvalue weighted by molar-refractivity contribution is 9.09. The Kier molecular flexibility index (Phi) is 5.08. The van der Waals surface area contributed by atoms with Crippen LogP contribution in [0.25, 0.3) is 0 Å². The second-order valence-corrected chi connectivity index (χ2v) is 7.06. The third-order valence-corrected chi connectivity index (χ3v) is 3.73. The second-order valence-electron chi connectivity index (χ2n) is 5.50. The zero-order valence-electron chi connectivity index (χ0n) is 12.0. The van der Waals surface area contributed by atoms with Crippen LogP contribution in [0.3, 0.4) is 0 Å². The largest absolute Gasteiger partial charge is 0.487 e. The quantitative estimate of drug-likeness (QED) is 0.764. The molecule has 0 aliphatic carbocycles. The van der Waals surface area contributed by atoms with Crippen LogP contribution in [0.1, 0.15) is 40.0 Å². The molecule has 3 nitrogen and oxygen atoms in total. The molecule has 1 aliphatic heterocycles. The Morgan fingerprint density at radius 1 is 1.47 bits per heavy atom. The average molecular weight is 327 g/mol. The lowest BCUT2D eigenvalue weighted by molar-refractivity contribution is 0.241. The summed E-state index contributed by atoms with van der Waals surface area (Å²) in [5, 5.41) is 0. The third-order valence-electron chi connectivity index (χ3n) is 3.36. The van der Waals surface area contributed by atoms with Crippen LogP contribution in [0.5, 0.6) is 5.75 Å². The van der Waals surface area contributed by atoms with Crippen molar-refractivity contribution in [2.75, 3.05) is 11.4 Å². The van der Waals surface area contributed by atoms with Gasteiger partial charge in [0.25, 0.3) is 0 Å². The molecular weight excluding hydrogens is 304 g/mol. The molecule has 106 valence electrons. The van der Waals surface area contributed by atoms with E-state index in [9.17, 15) is 0 Å². The molecule has 0 saturated carbocycles. The first-order chi connectivity index (χ1) is 9.08. The number of ether oxygens (including phenoxy) is 1. The van der Waals surface area contributed by atoms with E-state index in [-0.39, 0.29) is 6.10 Å². The van der Waals surface area contributed by atoms with Gasteiger partial charge in [-0.2, -0.15) is 0 Å². The molecule has 0 N–H and O–H groups in total. The summed E-state index contributed by atoms with van der Waals surface area (Å²) < 4.78 is 5.90. The van der Waals surface area contributed by atoms with Gasteiger partial charge in [0.15, 0.2) is 11.6 Å². The van der Waals surface area contributed by atoms with Gasteiger partial charge in [-0.1, -0.05) is 22.9 Å². The van der Waals surface area contributed by atoms with Crippen molar-refractivity contribution >= 4 is 21.7 Å². The molecule has 1 aromatic rings. The Hall–Kier alpha value is -0.770. The number of pyridine rings is 1. The fourth-order valence-corrected chi connectivity index (χ4v) is 3.11. The number of hydrogen-bond donors (Lipinski definition) is 0. The highest BCUT2D eigenvalue weighted by Crippen LogP contribution is 2.34. The summed E-state index contributed by atoms with van der Waals surface area (Å²) in [4.78, 5) is 7.51. The molecule has 1 fully saturated rings. The maximum absolute atomic E-state index is 5.90. The lowest BCUT2D eigenvalue weighted by Crippen LogP contribution is -2.32. The van der Waals surface area contributed by atoms with E-state index in [1.165, 1.54) is 12.8 Å². The molecule has 1 aromatic heterocycles. The maximum atomic E-state index is 5.90. The smallest absolute Gasteiger partial charge is 0.171 e. The Morgan fingerprint density at radius 3 is 2.95 bits per heavy atom. The van der Waals surface area contributed by atoms with Gasteiger partial charge in [0.05, 0.1) is 6.10 Å². The Labute approximate surface area is 124 Å². The lowest BCUT2D eigenvalue weighted by Gasteiger charge is -2.28. The second kappa shape index (κ2) is 6.60. The van der Waals surface area contributed by atoms with Crippen LogP contribution < -0.4 is 9.64 Å². The van der Waals surface area contributed by atoms with Crippen LogP contribution in [-0.4, -0.2) is 28.5 Å². The van der Waals surface area contributed by atoms with Gasteiger partial charge in [0, 0.05) is 23.6 Å². The Bertz CT molecular complexity index is 409. The van der Waals surface area contributed by atoms with Gasteiger partial charge in [0.2, 0.25) is 0 Å². The number of halogens is 1. The van der Waals surface area contributed by atoms with Crippen LogP contribution in [0.15, 0.2) is 18.3 Å². The molecule has 4 heteroatoms. The highest BCUT2D eigenvalue weighted by Gasteiger charge is 2.28. The number of alkyl halides is 1. The van der Waals surface area contributed by atoms with Crippen LogP contribution >= 0.6 is 15.9 Å². The molecule has 2 rings (SSSR count). The minimum atomic E-state index is 0.180. The Morgan fingerprint density at radius 2 is 2.26 bits per heavy atom. The van der Waals surface area contributed by atoms with Gasteiger partial charge < -0.3 is 9.64 Å². The van der Waals surface area contributed by atoms with Crippen molar-refractivity contribution in [1.82, 2.24) is 4.98 Å². The minimum Gasteiger partial charge on any atom is -0.487 e. The highest BCUT2D eigenvalue weighted by atomic mass is 79.9.